The molecule has 0 aromatic rings. The SMILES string of the molecule is CCO[Si](CS)CCOC. The van der Waals surface area contributed by atoms with Crippen molar-refractivity contribution in [1.29, 1.82) is 0 Å². The monoisotopic (exact) mass is 179 g/mol. The van der Waals surface area contributed by atoms with Gasteiger partial charge in [-0.2, -0.15) is 12.6 Å². The Morgan fingerprint density at radius 1 is 1.50 bits per heavy atom. The van der Waals surface area contributed by atoms with Crippen molar-refractivity contribution < 1.29 is 9.16 Å². The van der Waals surface area contributed by atoms with E-state index in [2.05, 4.69) is 12.6 Å². The first-order valence-corrected chi connectivity index (χ1v) is 5.88. The normalized spacial score (nSPS) is 10.8. The minimum atomic E-state index is -0.658. The average Bonchev–Trinajstić information content (AvgIpc) is 1.98. The van der Waals surface area contributed by atoms with Gasteiger partial charge >= 0.3 is 0 Å². The lowest BCUT2D eigenvalue weighted by atomic mass is 10.9. The molecule has 0 N–H and O–H groups in total. The van der Waals surface area contributed by atoms with Crippen molar-refractivity contribution in [3.05, 3.63) is 0 Å². The van der Waals surface area contributed by atoms with Crippen LogP contribution in [0.15, 0.2) is 0 Å². The maximum absolute atomic E-state index is 5.44. The van der Waals surface area contributed by atoms with E-state index in [0.29, 0.717) is 0 Å². The molecule has 0 heterocycles. The van der Waals surface area contributed by atoms with Crippen LogP contribution in [-0.2, 0) is 9.16 Å². The van der Waals surface area contributed by atoms with Gasteiger partial charge in [-0.05, 0) is 13.0 Å². The van der Waals surface area contributed by atoms with Gasteiger partial charge in [0, 0.05) is 25.7 Å². The number of hydrogen-bond acceptors (Lipinski definition) is 3. The number of ether oxygens (including phenoxy) is 1. The average molecular weight is 179 g/mol. The van der Waals surface area contributed by atoms with Crippen molar-refractivity contribution in [2.75, 3.05) is 25.7 Å². The highest BCUT2D eigenvalue weighted by Gasteiger charge is 2.08. The van der Waals surface area contributed by atoms with E-state index in [-0.39, 0.29) is 0 Å². The van der Waals surface area contributed by atoms with Gasteiger partial charge in [0.25, 0.3) is 0 Å². The Morgan fingerprint density at radius 3 is 2.60 bits per heavy atom. The molecule has 0 bridgehead atoms. The molecule has 0 rings (SSSR count). The Labute approximate surface area is 70.0 Å². The zero-order chi connectivity index (χ0) is 7.82. The number of thiol groups is 1. The smallest absolute Gasteiger partial charge is 0.223 e. The maximum Gasteiger partial charge on any atom is 0.223 e. The topological polar surface area (TPSA) is 18.5 Å². The van der Waals surface area contributed by atoms with Gasteiger partial charge in [0.05, 0.1) is 0 Å². The molecular weight excluding hydrogens is 164 g/mol. The lowest BCUT2D eigenvalue weighted by Gasteiger charge is -2.09. The maximum atomic E-state index is 5.44. The molecule has 0 spiro atoms. The van der Waals surface area contributed by atoms with Crippen molar-refractivity contribution in [3.8, 4) is 0 Å². The van der Waals surface area contributed by atoms with Crippen LogP contribution in [0.2, 0.25) is 6.04 Å². The van der Waals surface area contributed by atoms with Crippen molar-refractivity contribution >= 4 is 21.7 Å². The van der Waals surface area contributed by atoms with E-state index in [0.717, 1.165) is 24.6 Å². The highest BCUT2D eigenvalue weighted by molar-refractivity contribution is 7.81. The summed E-state index contributed by atoms with van der Waals surface area (Å²) in [5.41, 5.74) is 0. The van der Waals surface area contributed by atoms with E-state index >= 15 is 0 Å². The van der Waals surface area contributed by atoms with E-state index in [1.165, 1.54) is 0 Å². The molecule has 0 aliphatic heterocycles. The van der Waals surface area contributed by atoms with Crippen LogP contribution >= 0.6 is 12.6 Å². The van der Waals surface area contributed by atoms with Gasteiger partial charge in [-0.25, -0.2) is 0 Å². The van der Waals surface area contributed by atoms with Crippen LogP contribution in [0.5, 0.6) is 0 Å². The first kappa shape index (κ1) is 10.5. The predicted octanol–water partition coefficient (Wildman–Crippen LogP) is 1.13. The van der Waals surface area contributed by atoms with Crippen LogP contribution in [0.1, 0.15) is 6.92 Å². The van der Waals surface area contributed by atoms with E-state index in [1.807, 2.05) is 6.92 Å². The zero-order valence-electron chi connectivity index (χ0n) is 6.59. The summed E-state index contributed by atoms with van der Waals surface area (Å²) < 4.78 is 10.4. The summed E-state index contributed by atoms with van der Waals surface area (Å²) in [4.78, 5) is 0. The zero-order valence-corrected chi connectivity index (χ0v) is 8.49. The molecule has 2 nitrogen and oxygen atoms in total. The summed E-state index contributed by atoms with van der Waals surface area (Å²) in [6.07, 6.45) is 0. The van der Waals surface area contributed by atoms with Crippen molar-refractivity contribution in [3.63, 3.8) is 0 Å². The third-order valence-corrected chi connectivity index (χ3v) is 3.98. The van der Waals surface area contributed by atoms with Crippen LogP contribution in [-0.4, -0.2) is 34.7 Å². The fourth-order valence-electron chi connectivity index (χ4n) is 0.617. The van der Waals surface area contributed by atoms with Crippen molar-refractivity contribution in [2.45, 2.75) is 13.0 Å². The van der Waals surface area contributed by atoms with Crippen LogP contribution in [0.25, 0.3) is 0 Å². The molecule has 0 aromatic carbocycles. The van der Waals surface area contributed by atoms with Crippen LogP contribution in [0, 0.1) is 0 Å². The first-order valence-electron chi connectivity index (χ1n) is 3.42. The Hall–Kier alpha value is 0.487. The lowest BCUT2D eigenvalue weighted by Crippen LogP contribution is -2.22. The fraction of sp³-hybridized carbons (Fsp3) is 1.00. The summed E-state index contributed by atoms with van der Waals surface area (Å²) in [6, 6.07) is 1.04. The number of methoxy groups -OCH3 is 1. The van der Waals surface area contributed by atoms with Gasteiger partial charge in [0.1, 0.15) is 0 Å². The predicted molar refractivity (Wildman–Crippen MR) is 47.9 cm³/mol. The Kier molecular flexibility index (Phi) is 7.96. The summed E-state index contributed by atoms with van der Waals surface area (Å²) in [5.74, 6) is 0. The first-order chi connectivity index (χ1) is 4.85. The molecular formula is C6H15O2SSi. The van der Waals surface area contributed by atoms with Gasteiger partial charge in [-0.1, -0.05) is 0 Å². The molecule has 0 aromatic heterocycles. The molecule has 0 aliphatic rings. The molecule has 1 radical (unpaired) electrons. The summed E-state index contributed by atoms with van der Waals surface area (Å²) in [7, 11) is 1.05. The highest BCUT2D eigenvalue weighted by Crippen LogP contribution is 1.97. The van der Waals surface area contributed by atoms with E-state index < -0.39 is 9.04 Å². The Morgan fingerprint density at radius 2 is 2.20 bits per heavy atom. The quantitative estimate of drug-likeness (QED) is 0.487. The third-order valence-electron chi connectivity index (χ3n) is 1.11. The minimum Gasteiger partial charge on any atom is -0.416 e. The summed E-state index contributed by atoms with van der Waals surface area (Å²) in [6.45, 7) is 3.62. The van der Waals surface area contributed by atoms with Crippen molar-refractivity contribution in [2.24, 2.45) is 0 Å². The van der Waals surface area contributed by atoms with Gasteiger partial charge in [-0.3, -0.25) is 0 Å². The minimum absolute atomic E-state index is 0.658. The number of rotatable bonds is 6. The molecule has 0 saturated heterocycles. The van der Waals surface area contributed by atoms with E-state index in [4.69, 9.17) is 9.16 Å². The second-order valence-corrected chi connectivity index (χ2v) is 5.00. The van der Waals surface area contributed by atoms with Crippen LogP contribution in [0.3, 0.4) is 0 Å². The highest BCUT2D eigenvalue weighted by atomic mass is 32.1. The molecule has 0 saturated carbocycles. The second kappa shape index (κ2) is 7.59. The fourth-order valence-corrected chi connectivity index (χ4v) is 2.60. The largest absolute Gasteiger partial charge is 0.416 e. The molecule has 0 amide bonds. The Balaban J connectivity index is 3.21. The molecule has 4 heteroatoms. The lowest BCUT2D eigenvalue weighted by molar-refractivity contribution is 0.209. The van der Waals surface area contributed by atoms with Crippen LogP contribution < -0.4 is 0 Å². The van der Waals surface area contributed by atoms with Gasteiger partial charge in [0.15, 0.2) is 0 Å². The van der Waals surface area contributed by atoms with Crippen LogP contribution in [0.4, 0.5) is 0 Å². The second-order valence-electron chi connectivity index (χ2n) is 1.87. The van der Waals surface area contributed by atoms with E-state index in [1.54, 1.807) is 7.11 Å². The molecule has 0 aliphatic carbocycles. The number of hydrogen-bond donors (Lipinski definition) is 1. The van der Waals surface area contributed by atoms with Crippen molar-refractivity contribution in [1.82, 2.24) is 0 Å². The molecule has 0 atom stereocenters. The molecule has 0 unspecified atom stereocenters. The molecule has 61 valence electrons. The van der Waals surface area contributed by atoms with Gasteiger partial charge in [-0.15, -0.1) is 0 Å². The summed E-state index contributed by atoms with van der Waals surface area (Å²) in [5, 5.41) is 0.877. The van der Waals surface area contributed by atoms with E-state index in [9.17, 15) is 0 Å². The molecule has 0 fully saturated rings. The Bertz CT molecular complexity index is 72.8. The standard InChI is InChI=1S/C6H15O2SSi/c1-3-8-10(6-9)5-4-7-2/h9H,3-6H2,1-2H3. The van der Waals surface area contributed by atoms with Gasteiger partial charge < -0.3 is 9.16 Å². The molecule has 10 heavy (non-hydrogen) atoms. The van der Waals surface area contributed by atoms with Gasteiger partial charge in [0.2, 0.25) is 9.04 Å². The summed E-state index contributed by atoms with van der Waals surface area (Å²) >= 11 is 4.19. The third kappa shape index (κ3) is 5.29.